The Morgan fingerprint density at radius 2 is 1.76 bits per heavy atom. The van der Waals surface area contributed by atoms with Crippen molar-refractivity contribution in [3.8, 4) is 0 Å². The van der Waals surface area contributed by atoms with Gasteiger partial charge >= 0.3 is 0 Å². The molecule has 2 heterocycles. The van der Waals surface area contributed by atoms with Crippen LogP contribution in [0.3, 0.4) is 0 Å². The van der Waals surface area contributed by atoms with E-state index in [9.17, 15) is 9.59 Å². The van der Waals surface area contributed by atoms with E-state index in [-0.39, 0.29) is 11.8 Å². The number of benzene rings is 1. The van der Waals surface area contributed by atoms with Gasteiger partial charge in [0.15, 0.2) is 0 Å². The van der Waals surface area contributed by atoms with Crippen LogP contribution >= 0.6 is 11.3 Å². The maximum Gasteiger partial charge on any atom is 0.270 e. The lowest BCUT2D eigenvalue weighted by molar-refractivity contribution is -0.128. The number of nitrogens with one attached hydrogen (secondary N) is 1. The number of nitrogens with zero attached hydrogens (tertiary/aromatic N) is 2. The lowest BCUT2D eigenvalue weighted by atomic mass is 10.2. The highest BCUT2D eigenvalue weighted by Crippen LogP contribution is 2.15. The van der Waals surface area contributed by atoms with Crippen molar-refractivity contribution in [2.75, 3.05) is 33.2 Å². The molecule has 0 radical (unpaired) electrons. The minimum Gasteiger partial charge on any atom is -0.335 e. The van der Waals surface area contributed by atoms with Crippen molar-refractivity contribution in [2.45, 2.75) is 0 Å². The number of rotatable bonds is 4. The van der Waals surface area contributed by atoms with Crippen molar-refractivity contribution in [1.82, 2.24) is 15.1 Å². The predicted molar refractivity (Wildman–Crippen MR) is 100 cm³/mol. The Hall–Kier alpha value is -2.44. The maximum atomic E-state index is 12.9. The van der Waals surface area contributed by atoms with Gasteiger partial charge in [-0.1, -0.05) is 24.3 Å². The molecule has 1 fully saturated rings. The summed E-state index contributed by atoms with van der Waals surface area (Å²) in [6, 6.07) is 12.8. The third-order valence-electron chi connectivity index (χ3n) is 4.13. The highest BCUT2D eigenvalue weighted by atomic mass is 32.1. The molecule has 0 saturated carbocycles. The van der Waals surface area contributed by atoms with E-state index in [1.54, 1.807) is 35.2 Å². The Morgan fingerprint density at radius 3 is 2.40 bits per heavy atom. The van der Waals surface area contributed by atoms with Gasteiger partial charge in [0.05, 0.1) is 0 Å². The molecule has 1 N–H and O–H groups in total. The van der Waals surface area contributed by atoms with Gasteiger partial charge in [0, 0.05) is 36.6 Å². The first-order valence-electron chi connectivity index (χ1n) is 8.23. The molecule has 1 aliphatic rings. The predicted octanol–water partition coefficient (Wildman–Crippen LogP) is 2.29. The average Bonchev–Trinajstić information content (AvgIpc) is 3.15. The molecule has 0 bridgehead atoms. The van der Waals surface area contributed by atoms with E-state index in [4.69, 9.17) is 0 Å². The van der Waals surface area contributed by atoms with Gasteiger partial charge in [0.1, 0.15) is 5.70 Å². The van der Waals surface area contributed by atoms with E-state index >= 15 is 0 Å². The van der Waals surface area contributed by atoms with E-state index in [0.717, 1.165) is 18.0 Å². The van der Waals surface area contributed by atoms with Gasteiger partial charge in [-0.15, -0.1) is 11.3 Å². The lowest BCUT2D eigenvalue weighted by Crippen LogP contribution is -2.49. The SMILES string of the molecule is CN1CCN(C(=O)/C(=C\c2cccs2)NC(=O)c2ccccc2)CC1. The number of thiophene rings is 1. The van der Waals surface area contributed by atoms with E-state index in [1.807, 2.05) is 30.6 Å². The second kappa shape index (κ2) is 8.09. The van der Waals surface area contributed by atoms with E-state index in [1.165, 1.54) is 11.3 Å². The number of carbonyl (C=O) groups excluding carboxylic acids is 2. The van der Waals surface area contributed by atoms with Crippen LogP contribution in [-0.4, -0.2) is 54.8 Å². The van der Waals surface area contributed by atoms with E-state index in [2.05, 4.69) is 10.2 Å². The van der Waals surface area contributed by atoms with Crippen LogP contribution in [0.1, 0.15) is 15.2 Å². The zero-order valence-corrected chi connectivity index (χ0v) is 15.0. The van der Waals surface area contributed by atoms with Crippen LogP contribution in [0.5, 0.6) is 0 Å². The molecule has 1 aromatic carbocycles. The van der Waals surface area contributed by atoms with Crippen LogP contribution in [0.25, 0.3) is 6.08 Å². The van der Waals surface area contributed by atoms with Gasteiger partial charge in [-0.3, -0.25) is 9.59 Å². The second-order valence-electron chi connectivity index (χ2n) is 5.99. The Morgan fingerprint density at radius 1 is 1.04 bits per heavy atom. The normalized spacial score (nSPS) is 15.9. The van der Waals surface area contributed by atoms with Gasteiger partial charge < -0.3 is 15.1 Å². The fourth-order valence-corrected chi connectivity index (χ4v) is 3.29. The summed E-state index contributed by atoms with van der Waals surface area (Å²) in [5.74, 6) is -0.406. The molecule has 0 aliphatic carbocycles. The molecule has 5 nitrogen and oxygen atoms in total. The Labute approximate surface area is 151 Å². The van der Waals surface area contributed by atoms with Crippen LogP contribution < -0.4 is 5.32 Å². The number of hydrogen-bond acceptors (Lipinski definition) is 4. The van der Waals surface area contributed by atoms with Gasteiger partial charge in [-0.25, -0.2) is 0 Å². The number of likely N-dealkylation sites (N-methyl/N-ethyl adjacent to an activating group) is 1. The van der Waals surface area contributed by atoms with Gasteiger partial charge in [-0.05, 0) is 36.7 Å². The molecule has 6 heteroatoms. The summed E-state index contributed by atoms with van der Waals surface area (Å²) in [6.07, 6.45) is 1.76. The van der Waals surface area contributed by atoms with E-state index in [0.29, 0.717) is 24.4 Å². The Balaban J connectivity index is 1.80. The van der Waals surface area contributed by atoms with Crippen LogP contribution in [-0.2, 0) is 4.79 Å². The van der Waals surface area contributed by atoms with Crippen molar-refractivity contribution >= 4 is 29.2 Å². The first-order valence-corrected chi connectivity index (χ1v) is 9.11. The fourth-order valence-electron chi connectivity index (χ4n) is 2.63. The number of carbonyl (C=O) groups is 2. The Kier molecular flexibility index (Phi) is 5.63. The first kappa shape index (κ1) is 17.4. The molecule has 1 aromatic heterocycles. The van der Waals surface area contributed by atoms with Crippen molar-refractivity contribution in [3.05, 3.63) is 64.0 Å². The van der Waals surface area contributed by atoms with E-state index < -0.39 is 0 Å². The smallest absolute Gasteiger partial charge is 0.270 e. The van der Waals surface area contributed by atoms with Gasteiger partial charge in [0.2, 0.25) is 0 Å². The summed E-state index contributed by atoms with van der Waals surface area (Å²) in [5.41, 5.74) is 0.853. The van der Waals surface area contributed by atoms with Crippen molar-refractivity contribution in [3.63, 3.8) is 0 Å². The molecule has 1 aliphatic heterocycles. The highest BCUT2D eigenvalue weighted by Gasteiger charge is 2.23. The topological polar surface area (TPSA) is 52.6 Å². The van der Waals surface area contributed by atoms with Crippen molar-refractivity contribution in [2.24, 2.45) is 0 Å². The summed E-state index contributed by atoms with van der Waals surface area (Å²) in [6.45, 7) is 3.01. The quantitative estimate of drug-likeness (QED) is 0.856. The molecule has 2 aromatic rings. The lowest BCUT2D eigenvalue weighted by Gasteiger charge is -2.33. The summed E-state index contributed by atoms with van der Waals surface area (Å²) in [4.78, 5) is 30.3. The zero-order valence-electron chi connectivity index (χ0n) is 14.1. The number of hydrogen-bond donors (Lipinski definition) is 1. The maximum absolute atomic E-state index is 12.9. The zero-order chi connectivity index (χ0) is 17.6. The average molecular weight is 355 g/mol. The molecular formula is C19H21N3O2S. The third kappa shape index (κ3) is 4.55. The van der Waals surface area contributed by atoms with Crippen LogP contribution in [0.2, 0.25) is 0 Å². The molecule has 130 valence electrons. The van der Waals surface area contributed by atoms with Crippen LogP contribution in [0.4, 0.5) is 0 Å². The van der Waals surface area contributed by atoms with Gasteiger partial charge in [0.25, 0.3) is 11.8 Å². The Bertz CT molecular complexity index is 748. The highest BCUT2D eigenvalue weighted by molar-refractivity contribution is 7.10. The molecule has 2 amide bonds. The standard InChI is InChI=1S/C19H21N3O2S/c1-21-9-11-22(12-10-21)19(24)17(14-16-8-5-13-25-16)20-18(23)15-6-3-2-4-7-15/h2-8,13-14H,9-12H2,1H3,(H,20,23)/b17-14+. The number of piperazine rings is 1. The first-order chi connectivity index (χ1) is 12.1. The van der Waals surface area contributed by atoms with Crippen molar-refractivity contribution in [1.29, 1.82) is 0 Å². The largest absolute Gasteiger partial charge is 0.335 e. The molecule has 1 saturated heterocycles. The molecule has 25 heavy (non-hydrogen) atoms. The summed E-state index contributed by atoms with van der Waals surface area (Å²) in [7, 11) is 2.04. The minimum atomic E-state index is -0.272. The summed E-state index contributed by atoms with van der Waals surface area (Å²) >= 11 is 1.53. The van der Waals surface area contributed by atoms with Crippen molar-refractivity contribution < 1.29 is 9.59 Å². The second-order valence-corrected chi connectivity index (χ2v) is 6.97. The van der Waals surface area contributed by atoms with Gasteiger partial charge in [-0.2, -0.15) is 0 Å². The molecule has 0 atom stereocenters. The molecule has 0 unspecified atom stereocenters. The fraction of sp³-hybridized carbons (Fsp3) is 0.263. The molecular weight excluding hydrogens is 334 g/mol. The van der Waals surface area contributed by atoms with Crippen LogP contribution in [0.15, 0.2) is 53.5 Å². The number of amides is 2. The minimum absolute atomic E-state index is 0.134. The molecule has 0 spiro atoms. The summed E-state index contributed by atoms with van der Waals surface area (Å²) < 4.78 is 0. The van der Waals surface area contributed by atoms with Crippen LogP contribution in [0, 0.1) is 0 Å². The summed E-state index contributed by atoms with van der Waals surface area (Å²) in [5, 5.41) is 4.75. The molecule has 3 rings (SSSR count). The monoisotopic (exact) mass is 355 g/mol. The third-order valence-corrected chi connectivity index (χ3v) is 4.95.